The zero-order valence-corrected chi connectivity index (χ0v) is 20.2. The monoisotopic (exact) mass is 489 g/mol. The molecule has 1 unspecified atom stereocenters. The Hall–Kier alpha value is -3.77. The fraction of sp³-hybridized carbons (Fsp3) is 0.214. The van der Waals surface area contributed by atoms with E-state index in [0.717, 1.165) is 11.1 Å². The minimum absolute atomic E-state index is 0.0533. The molecule has 1 aliphatic heterocycles. The molecule has 35 heavy (non-hydrogen) atoms. The third-order valence-corrected chi connectivity index (χ3v) is 6.24. The lowest BCUT2D eigenvalue weighted by atomic mass is 9.97. The first kappa shape index (κ1) is 23.0. The molecule has 0 radical (unpaired) electrons. The molecule has 7 heteroatoms. The summed E-state index contributed by atoms with van der Waals surface area (Å²) in [5.41, 5.74) is 2.02. The van der Waals surface area contributed by atoms with Crippen LogP contribution in [0.3, 0.4) is 0 Å². The van der Waals surface area contributed by atoms with Crippen molar-refractivity contribution in [2.75, 3.05) is 13.2 Å². The second-order valence-corrected chi connectivity index (χ2v) is 8.64. The Labute approximate surface area is 207 Å². The van der Waals surface area contributed by atoms with E-state index in [1.165, 1.54) is 0 Å². The molecule has 6 nitrogen and oxygen atoms in total. The van der Waals surface area contributed by atoms with E-state index in [0.29, 0.717) is 52.8 Å². The Morgan fingerprint density at radius 3 is 2.40 bits per heavy atom. The van der Waals surface area contributed by atoms with Crippen molar-refractivity contribution in [2.45, 2.75) is 26.4 Å². The summed E-state index contributed by atoms with van der Waals surface area (Å²) in [7, 11) is 0. The Balaban J connectivity index is 1.72. The van der Waals surface area contributed by atoms with E-state index in [1.807, 2.05) is 62.4 Å². The third-order valence-electron chi connectivity index (χ3n) is 6.01. The van der Waals surface area contributed by atoms with E-state index < -0.39 is 6.04 Å². The van der Waals surface area contributed by atoms with E-state index in [2.05, 4.69) is 0 Å². The van der Waals surface area contributed by atoms with Gasteiger partial charge in [0.15, 0.2) is 16.9 Å². The second-order valence-electron chi connectivity index (χ2n) is 8.21. The van der Waals surface area contributed by atoms with Crippen LogP contribution in [0.2, 0.25) is 5.02 Å². The molecule has 3 aromatic carbocycles. The molecule has 4 aromatic rings. The minimum Gasteiger partial charge on any atom is -0.490 e. The number of fused-ring (bicyclic) bond motifs is 2. The average molecular weight is 490 g/mol. The summed E-state index contributed by atoms with van der Waals surface area (Å²) in [5.74, 6) is 0.877. The van der Waals surface area contributed by atoms with E-state index in [9.17, 15) is 9.59 Å². The van der Waals surface area contributed by atoms with Crippen molar-refractivity contribution in [1.29, 1.82) is 0 Å². The minimum atomic E-state index is -0.660. The number of hydrogen-bond donors (Lipinski definition) is 0. The Kier molecular flexibility index (Phi) is 6.22. The van der Waals surface area contributed by atoms with Gasteiger partial charge in [-0.2, -0.15) is 0 Å². The molecule has 0 spiro atoms. The summed E-state index contributed by atoms with van der Waals surface area (Å²) in [6.07, 6.45) is 0. The fourth-order valence-corrected chi connectivity index (χ4v) is 4.69. The maximum atomic E-state index is 13.7. The largest absolute Gasteiger partial charge is 0.490 e. The first-order valence-corrected chi connectivity index (χ1v) is 11.9. The van der Waals surface area contributed by atoms with Crippen LogP contribution in [-0.2, 0) is 6.54 Å². The third kappa shape index (κ3) is 4.15. The Morgan fingerprint density at radius 2 is 1.66 bits per heavy atom. The molecule has 0 fully saturated rings. The SMILES string of the molecule is CCOc1ccc(C2c3c(oc4ccc(Cl)cc4c3=O)C(=O)N2Cc2ccccc2)cc1OCC. The number of benzene rings is 3. The Bertz CT molecular complexity index is 1460. The van der Waals surface area contributed by atoms with Gasteiger partial charge in [-0.15, -0.1) is 0 Å². The van der Waals surface area contributed by atoms with Crippen LogP contribution in [0.15, 0.2) is 75.9 Å². The highest BCUT2D eigenvalue weighted by Gasteiger charge is 2.43. The summed E-state index contributed by atoms with van der Waals surface area (Å²) in [6.45, 7) is 5.03. The molecular formula is C28H24ClNO5. The van der Waals surface area contributed by atoms with Crippen molar-refractivity contribution in [3.05, 3.63) is 104 Å². The lowest BCUT2D eigenvalue weighted by molar-refractivity contribution is 0.0714. The maximum absolute atomic E-state index is 13.7. The van der Waals surface area contributed by atoms with Gasteiger partial charge in [0.05, 0.1) is 30.2 Å². The van der Waals surface area contributed by atoms with Crippen molar-refractivity contribution < 1.29 is 18.7 Å². The molecular weight excluding hydrogens is 466 g/mol. The van der Waals surface area contributed by atoms with E-state index in [4.69, 9.17) is 25.5 Å². The summed E-state index contributed by atoms with van der Waals surface area (Å²) < 4.78 is 17.5. The van der Waals surface area contributed by atoms with Crippen LogP contribution in [-0.4, -0.2) is 24.0 Å². The fourth-order valence-electron chi connectivity index (χ4n) is 4.52. The van der Waals surface area contributed by atoms with E-state index >= 15 is 0 Å². The molecule has 0 saturated carbocycles. The average Bonchev–Trinajstić information content (AvgIpc) is 3.13. The molecule has 1 amide bonds. The highest BCUT2D eigenvalue weighted by molar-refractivity contribution is 6.31. The predicted molar refractivity (Wildman–Crippen MR) is 134 cm³/mol. The Morgan fingerprint density at radius 1 is 0.914 bits per heavy atom. The number of carbonyl (C=O) groups excluding carboxylic acids is 1. The summed E-state index contributed by atoms with van der Waals surface area (Å²) in [6, 6.07) is 19.3. The van der Waals surface area contributed by atoms with Gasteiger partial charge in [0.1, 0.15) is 5.58 Å². The van der Waals surface area contributed by atoms with Crippen LogP contribution < -0.4 is 14.9 Å². The van der Waals surface area contributed by atoms with E-state index in [1.54, 1.807) is 23.1 Å². The van der Waals surface area contributed by atoms with Gasteiger partial charge in [-0.1, -0.05) is 48.0 Å². The first-order valence-electron chi connectivity index (χ1n) is 11.5. The molecule has 0 saturated heterocycles. The van der Waals surface area contributed by atoms with E-state index in [-0.39, 0.29) is 17.1 Å². The predicted octanol–water partition coefficient (Wildman–Crippen LogP) is 5.99. The number of nitrogens with zero attached hydrogens (tertiary/aromatic N) is 1. The number of carbonyl (C=O) groups is 1. The van der Waals surface area contributed by atoms with Gasteiger partial charge in [0.25, 0.3) is 5.91 Å². The van der Waals surface area contributed by atoms with Crippen LogP contribution in [0.25, 0.3) is 11.0 Å². The van der Waals surface area contributed by atoms with Crippen molar-refractivity contribution in [2.24, 2.45) is 0 Å². The standard InChI is InChI=1S/C28H24ClNO5/c1-3-33-22-12-10-18(14-23(22)34-4-2)25-24-26(31)20-15-19(29)11-13-21(20)35-27(24)28(32)30(25)16-17-8-6-5-7-9-17/h5-15,25H,3-4,16H2,1-2H3. The first-order chi connectivity index (χ1) is 17.0. The number of amides is 1. The van der Waals surface area contributed by atoms with Crippen molar-refractivity contribution in [1.82, 2.24) is 4.90 Å². The van der Waals surface area contributed by atoms with Gasteiger partial charge in [0.2, 0.25) is 5.76 Å². The molecule has 2 heterocycles. The maximum Gasteiger partial charge on any atom is 0.291 e. The molecule has 1 atom stereocenters. The van der Waals surface area contributed by atoms with Crippen molar-refractivity contribution in [3.63, 3.8) is 0 Å². The van der Waals surface area contributed by atoms with Gasteiger partial charge in [-0.3, -0.25) is 9.59 Å². The zero-order chi connectivity index (χ0) is 24.5. The van der Waals surface area contributed by atoms with Gasteiger partial charge in [-0.05, 0) is 55.3 Å². The quantitative estimate of drug-likeness (QED) is 0.319. The zero-order valence-electron chi connectivity index (χ0n) is 19.4. The normalized spacial score (nSPS) is 14.9. The molecule has 0 N–H and O–H groups in total. The highest BCUT2D eigenvalue weighted by atomic mass is 35.5. The molecule has 0 aliphatic carbocycles. The van der Waals surface area contributed by atoms with Gasteiger partial charge < -0.3 is 18.8 Å². The molecule has 5 rings (SSSR count). The lowest BCUT2D eigenvalue weighted by Crippen LogP contribution is -2.29. The van der Waals surface area contributed by atoms with Crippen molar-refractivity contribution >= 4 is 28.5 Å². The molecule has 0 bridgehead atoms. The van der Waals surface area contributed by atoms with Gasteiger partial charge in [0, 0.05) is 11.6 Å². The van der Waals surface area contributed by atoms with Crippen LogP contribution in [0, 0.1) is 0 Å². The number of rotatable bonds is 7. The second kappa shape index (κ2) is 9.47. The summed E-state index contributed by atoms with van der Waals surface area (Å²) in [5, 5.41) is 0.762. The summed E-state index contributed by atoms with van der Waals surface area (Å²) in [4.78, 5) is 29.0. The molecule has 1 aromatic heterocycles. The number of hydrogen-bond acceptors (Lipinski definition) is 5. The highest BCUT2D eigenvalue weighted by Crippen LogP contribution is 2.42. The van der Waals surface area contributed by atoms with Crippen LogP contribution in [0.1, 0.15) is 47.1 Å². The van der Waals surface area contributed by atoms with Gasteiger partial charge in [-0.25, -0.2) is 0 Å². The van der Waals surface area contributed by atoms with Crippen molar-refractivity contribution in [3.8, 4) is 11.5 Å². The van der Waals surface area contributed by atoms with Crippen LogP contribution in [0.5, 0.6) is 11.5 Å². The molecule has 178 valence electrons. The lowest BCUT2D eigenvalue weighted by Gasteiger charge is -2.26. The summed E-state index contributed by atoms with van der Waals surface area (Å²) >= 11 is 6.17. The van der Waals surface area contributed by atoms with Crippen LogP contribution >= 0.6 is 11.6 Å². The number of halogens is 1. The number of ether oxygens (including phenoxy) is 2. The smallest absolute Gasteiger partial charge is 0.291 e. The topological polar surface area (TPSA) is 69.0 Å². The van der Waals surface area contributed by atoms with Gasteiger partial charge >= 0.3 is 0 Å². The van der Waals surface area contributed by atoms with Crippen LogP contribution in [0.4, 0.5) is 0 Å². The molecule has 1 aliphatic rings.